The van der Waals surface area contributed by atoms with Crippen LogP contribution in [0.2, 0.25) is 0 Å². The summed E-state index contributed by atoms with van der Waals surface area (Å²) in [6.45, 7) is 0. The van der Waals surface area contributed by atoms with Crippen LogP contribution in [0.4, 0.5) is 0 Å². The number of aliphatic carboxylic acids is 2. The van der Waals surface area contributed by atoms with Crippen molar-refractivity contribution in [3.05, 3.63) is 83.3 Å². The topological polar surface area (TPSA) is 98.7 Å². The first-order valence-corrected chi connectivity index (χ1v) is 7.52. The van der Waals surface area contributed by atoms with E-state index in [1.165, 1.54) is 26.4 Å². The molecule has 0 bridgehead atoms. The number of methoxy groups -OCH3 is 2. The number of ether oxygens (including phenoxy) is 2. The molecular weight excluding hydrogens is 543 g/mol. The molecule has 0 spiro atoms. The summed E-state index contributed by atoms with van der Waals surface area (Å²) in [6, 6.07) is 18.1. The summed E-state index contributed by atoms with van der Waals surface area (Å²) in [4.78, 5) is 20.9. The molecule has 2 radical (unpaired) electrons. The molecule has 6 nitrogen and oxygen atoms in total. The van der Waals surface area contributed by atoms with Crippen LogP contribution in [0.25, 0.3) is 12.2 Å². The summed E-state index contributed by atoms with van der Waals surface area (Å²) in [5, 5.41) is 20.9. The van der Waals surface area contributed by atoms with Crippen LogP contribution in [0, 0.1) is 0 Å². The van der Waals surface area contributed by atoms with Crippen molar-refractivity contribution in [2.24, 2.45) is 0 Å². The minimum Gasteiger partial charge on any atom is -0.542 e. The molecule has 138 valence electrons. The second-order valence-electron chi connectivity index (χ2n) is 4.82. The molecule has 7 heteroatoms. The average molecular weight is 562 g/mol. The summed E-state index contributed by atoms with van der Waals surface area (Å²) >= 11 is 0. The van der Waals surface area contributed by atoms with Gasteiger partial charge < -0.3 is 29.3 Å². The van der Waals surface area contributed by atoms with Crippen LogP contribution < -0.4 is 10.2 Å². The summed E-state index contributed by atoms with van der Waals surface area (Å²) in [7, 11) is 2.59. The summed E-state index contributed by atoms with van der Waals surface area (Å²) < 4.78 is 9.23. The van der Waals surface area contributed by atoms with Crippen LogP contribution in [-0.2, 0) is 19.1 Å². The summed E-state index contributed by atoms with van der Waals surface area (Å²) in [5.74, 6) is -2.98. The Kier molecular flexibility index (Phi) is 12.3. The first kappa shape index (κ1) is 24.4. The Morgan fingerprint density at radius 2 is 1.00 bits per heavy atom. The number of hydrogen-bond donors (Lipinski definition) is 0. The van der Waals surface area contributed by atoms with Gasteiger partial charge in [-0.2, -0.15) is 0 Å². The maximum absolute atomic E-state index is 10.4. The third-order valence-corrected chi connectivity index (χ3v) is 3.04. The predicted octanol–water partition coefficient (Wildman–Crippen LogP) is 0.467. The molecular formula is C20H18O6Pb. The van der Waals surface area contributed by atoms with E-state index in [9.17, 15) is 19.8 Å². The van der Waals surface area contributed by atoms with E-state index in [2.05, 4.69) is 9.47 Å². The number of benzene rings is 2. The molecule has 0 unspecified atom stereocenters. The third kappa shape index (κ3) is 9.59. The minimum absolute atomic E-state index is 0. The van der Waals surface area contributed by atoms with Gasteiger partial charge >= 0.3 is 27.3 Å². The second kappa shape index (κ2) is 13.6. The van der Waals surface area contributed by atoms with Crippen molar-refractivity contribution in [1.29, 1.82) is 0 Å². The van der Waals surface area contributed by atoms with E-state index < -0.39 is 11.9 Å². The van der Waals surface area contributed by atoms with Gasteiger partial charge in [0, 0.05) is 0 Å². The van der Waals surface area contributed by atoms with Gasteiger partial charge in [-0.05, 0) is 23.3 Å². The van der Waals surface area contributed by atoms with Crippen molar-refractivity contribution in [3.8, 4) is 0 Å². The van der Waals surface area contributed by atoms with E-state index in [-0.39, 0.29) is 38.8 Å². The number of carbonyl (C=O) groups is 2. The smallest absolute Gasteiger partial charge is 0.542 e. The van der Waals surface area contributed by atoms with Crippen molar-refractivity contribution in [2.45, 2.75) is 0 Å². The first-order valence-electron chi connectivity index (χ1n) is 7.52. The fourth-order valence-corrected chi connectivity index (χ4v) is 1.80. The van der Waals surface area contributed by atoms with Gasteiger partial charge in [0.1, 0.15) is 23.5 Å². The maximum atomic E-state index is 10.4. The monoisotopic (exact) mass is 562 g/mol. The maximum Gasteiger partial charge on any atom is 2.00 e. The Hall–Kier alpha value is -2.62. The molecule has 0 saturated carbocycles. The molecule has 2 aromatic carbocycles. The van der Waals surface area contributed by atoms with E-state index in [0.717, 1.165) is 11.1 Å². The summed E-state index contributed by atoms with van der Waals surface area (Å²) in [5.41, 5.74) is 1.53. The van der Waals surface area contributed by atoms with Gasteiger partial charge in [-0.25, -0.2) is 0 Å². The molecule has 0 atom stereocenters. The zero-order valence-electron chi connectivity index (χ0n) is 14.9. The van der Waals surface area contributed by atoms with Crippen LogP contribution in [0.15, 0.2) is 72.2 Å². The van der Waals surface area contributed by atoms with Crippen molar-refractivity contribution in [3.63, 3.8) is 0 Å². The Morgan fingerprint density at radius 1 is 0.704 bits per heavy atom. The van der Waals surface area contributed by atoms with E-state index in [4.69, 9.17) is 0 Å². The Labute approximate surface area is 177 Å². The standard InChI is InChI=1S/2C10H10O3.Pb/c2*1-13-9(10(11)12)7-8-5-3-2-4-6-8;/h2*2-7H,1H3,(H,11,12);/q;;+2/p-2. The molecule has 0 heterocycles. The number of carboxylic acids is 2. The van der Waals surface area contributed by atoms with E-state index >= 15 is 0 Å². The zero-order chi connectivity index (χ0) is 19.4. The minimum atomic E-state index is -1.31. The Morgan fingerprint density at radius 3 is 1.22 bits per heavy atom. The Balaban J connectivity index is 0.000000483. The van der Waals surface area contributed by atoms with Crippen molar-refractivity contribution in [2.75, 3.05) is 14.2 Å². The molecule has 0 aromatic heterocycles. The quantitative estimate of drug-likeness (QED) is 0.289. The zero-order valence-corrected chi connectivity index (χ0v) is 18.8. The first-order chi connectivity index (χ1) is 12.5. The van der Waals surface area contributed by atoms with Crippen molar-refractivity contribution < 1.29 is 29.3 Å². The van der Waals surface area contributed by atoms with Gasteiger partial charge in [-0.15, -0.1) is 0 Å². The molecule has 0 fully saturated rings. The Bertz CT molecular complexity index is 702. The molecule has 0 aliphatic heterocycles. The van der Waals surface area contributed by atoms with Gasteiger partial charge in [0.25, 0.3) is 0 Å². The largest absolute Gasteiger partial charge is 2.00 e. The van der Waals surface area contributed by atoms with Gasteiger partial charge in [0.15, 0.2) is 0 Å². The molecule has 2 aromatic rings. The number of carboxylic acid groups (broad SMARTS) is 2. The van der Waals surface area contributed by atoms with Crippen LogP contribution >= 0.6 is 0 Å². The molecule has 27 heavy (non-hydrogen) atoms. The fourth-order valence-electron chi connectivity index (χ4n) is 1.80. The third-order valence-electron chi connectivity index (χ3n) is 3.04. The SMILES string of the molecule is COC(=Cc1ccccc1)C(=O)[O-].COC(=Cc1ccccc1)C(=O)[O-].[Pb+2]. The normalized spacial score (nSPS) is 10.6. The molecule has 0 N–H and O–H groups in total. The van der Waals surface area contributed by atoms with Crippen LogP contribution in [0.1, 0.15) is 11.1 Å². The van der Waals surface area contributed by atoms with Crippen LogP contribution in [-0.4, -0.2) is 53.5 Å². The van der Waals surface area contributed by atoms with E-state index in [0.29, 0.717) is 0 Å². The predicted molar refractivity (Wildman–Crippen MR) is 98.6 cm³/mol. The van der Waals surface area contributed by atoms with Gasteiger partial charge in [-0.3, -0.25) is 0 Å². The number of rotatable bonds is 6. The second-order valence-corrected chi connectivity index (χ2v) is 4.82. The average Bonchev–Trinajstić information content (AvgIpc) is 2.66. The van der Waals surface area contributed by atoms with Crippen molar-refractivity contribution >= 4 is 51.4 Å². The molecule has 0 aliphatic carbocycles. The van der Waals surface area contributed by atoms with E-state index in [1.54, 1.807) is 24.3 Å². The molecule has 2 rings (SSSR count). The number of hydrogen-bond acceptors (Lipinski definition) is 6. The van der Waals surface area contributed by atoms with Gasteiger partial charge in [0.05, 0.1) is 14.2 Å². The van der Waals surface area contributed by atoms with Crippen LogP contribution in [0.5, 0.6) is 0 Å². The molecule has 0 saturated heterocycles. The fraction of sp³-hybridized carbons (Fsp3) is 0.100. The van der Waals surface area contributed by atoms with Gasteiger partial charge in [-0.1, -0.05) is 60.7 Å². The molecule has 0 amide bonds. The van der Waals surface area contributed by atoms with E-state index in [1.807, 2.05) is 36.4 Å². The van der Waals surface area contributed by atoms with Crippen molar-refractivity contribution in [1.82, 2.24) is 0 Å². The van der Waals surface area contributed by atoms with Gasteiger partial charge in [0.2, 0.25) is 0 Å². The molecule has 0 aliphatic rings. The van der Waals surface area contributed by atoms with Crippen LogP contribution in [0.3, 0.4) is 0 Å². The number of carbonyl (C=O) groups excluding carboxylic acids is 2. The summed E-state index contributed by atoms with van der Waals surface area (Å²) in [6.07, 6.45) is 2.82.